The van der Waals surface area contributed by atoms with E-state index in [4.69, 9.17) is 0 Å². The number of hydrogen-bond acceptors (Lipinski definition) is 2. The zero-order valence-corrected chi connectivity index (χ0v) is 9.08. The molecule has 0 bridgehead atoms. The van der Waals surface area contributed by atoms with Gasteiger partial charge in [-0.05, 0) is 29.9 Å². The van der Waals surface area contributed by atoms with Crippen LogP contribution >= 0.6 is 12.6 Å². The van der Waals surface area contributed by atoms with Crippen LogP contribution < -0.4 is 0 Å². The quantitative estimate of drug-likeness (QED) is 0.564. The molecule has 0 saturated heterocycles. The Morgan fingerprint density at radius 3 is 2.50 bits per heavy atom. The fourth-order valence-electron chi connectivity index (χ4n) is 2.35. The van der Waals surface area contributed by atoms with Crippen molar-refractivity contribution in [2.45, 2.75) is 37.0 Å². The van der Waals surface area contributed by atoms with Crippen LogP contribution in [0.4, 0.5) is 0 Å². The molecule has 0 spiro atoms. The first-order valence-corrected chi connectivity index (χ1v) is 5.75. The Labute approximate surface area is 90.6 Å². The van der Waals surface area contributed by atoms with E-state index in [0.29, 0.717) is 5.92 Å². The van der Waals surface area contributed by atoms with Crippen LogP contribution in [0.2, 0.25) is 0 Å². The summed E-state index contributed by atoms with van der Waals surface area (Å²) in [6, 6.07) is 8.12. The maximum Gasteiger partial charge on any atom is 0.122 e. The second-order valence-electron chi connectivity index (χ2n) is 3.98. The van der Waals surface area contributed by atoms with E-state index < -0.39 is 5.44 Å². The molecule has 2 rings (SSSR count). The number of aliphatic hydroxyl groups is 1. The van der Waals surface area contributed by atoms with E-state index in [1.165, 1.54) is 31.2 Å². The number of rotatable bonds is 2. The number of benzene rings is 1. The van der Waals surface area contributed by atoms with Crippen molar-refractivity contribution in [3.8, 4) is 0 Å². The molecule has 0 heterocycles. The molecule has 1 aliphatic rings. The monoisotopic (exact) mass is 208 g/mol. The summed E-state index contributed by atoms with van der Waals surface area (Å²) in [5, 5.41) is 9.53. The highest BCUT2D eigenvalue weighted by Crippen LogP contribution is 2.37. The molecule has 1 atom stereocenters. The minimum absolute atomic E-state index is 0.633. The molecular weight excluding hydrogens is 192 g/mol. The Morgan fingerprint density at radius 2 is 1.86 bits per heavy atom. The minimum atomic E-state index is -0.633. The highest BCUT2D eigenvalue weighted by atomic mass is 32.1. The van der Waals surface area contributed by atoms with Gasteiger partial charge in [-0.1, -0.05) is 37.1 Å². The van der Waals surface area contributed by atoms with Crippen molar-refractivity contribution in [1.29, 1.82) is 0 Å². The van der Waals surface area contributed by atoms with E-state index in [2.05, 4.69) is 18.7 Å². The van der Waals surface area contributed by atoms with Gasteiger partial charge < -0.3 is 5.11 Å². The molecule has 14 heavy (non-hydrogen) atoms. The van der Waals surface area contributed by atoms with Gasteiger partial charge in [0.15, 0.2) is 0 Å². The summed E-state index contributed by atoms with van der Waals surface area (Å²) in [6.45, 7) is 0. The molecule has 1 fully saturated rings. The van der Waals surface area contributed by atoms with Crippen molar-refractivity contribution in [2.75, 3.05) is 0 Å². The molecule has 1 unspecified atom stereocenters. The topological polar surface area (TPSA) is 20.2 Å². The summed E-state index contributed by atoms with van der Waals surface area (Å²) in [4.78, 5) is 0. The molecule has 1 nitrogen and oxygen atoms in total. The molecule has 1 N–H and O–H groups in total. The first-order valence-electron chi connectivity index (χ1n) is 5.24. The zero-order chi connectivity index (χ0) is 9.97. The van der Waals surface area contributed by atoms with Crippen molar-refractivity contribution in [3.05, 3.63) is 35.4 Å². The van der Waals surface area contributed by atoms with Gasteiger partial charge in [-0.3, -0.25) is 0 Å². The molecule has 1 aliphatic carbocycles. The fraction of sp³-hybridized carbons (Fsp3) is 0.500. The minimum Gasteiger partial charge on any atom is -0.378 e. The Balaban J connectivity index is 2.30. The van der Waals surface area contributed by atoms with E-state index in [-0.39, 0.29) is 0 Å². The molecular formula is C12H16OS. The van der Waals surface area contributed by atoms with Gasteiger partial charge in [-0.25, -0.2) is 0 Å². The molecule has 1 aromatic carbocycles. The van der Waals surface area contributed by atoms with E-state index in [0.717, 1.165) is 5.56 Å². The maximum absolute atomic E-state index is 9.53. The SMILES string of the molecule is OC(S)c1ccccc1C1CCCC1. The summed E-state index contributed by atoms with van der Waals surface area (Å²) in [7, 11) is 0. The van der Waals surface area contributed by atoms with Crippen molar-refractivity contribution in [3.63, 3.8) is 0 Å². The Kier molecular flexibility index (Phi) is 3.14. The van der Waals surface area contributed by atoms with Crippen LogP contribution in [0.3, 0.4) is 0 Å². The van der Waals surface area contributed by atoms with Gasteiger partial charge in [0.05, 0.1) is 0 Å². The van der Waals surface area contributed by atoms with Crippen molar-refractivity contribution >= 4 is 12.6 Å². The lowest BCUT2D eigenvalue weighted by Crippen LogP contribution is -2.00. The predicted octanol–water partition coefficient (Wildman–Crippen LogP) is 3.26. The third-order valence-electron chi connectivity index (χ3n) is 3.07. The normalized spacial score (nSPS) is 19.9. The average molecular weight is 208 g/mol. The highest BCUT2D eigenvalue weighted by molar-refractivity contribution is 7.80. The molecule has 1 aromatic rings. The zero-order valence-electron chi connectivity index (χ0n) is 8.19. The van der Waals surface area contributed by atoms with Crippen LogP contribution in [-0.4, -0.2) is 5.11 Å². The van der Waals surface area contributed by atoms with E-state index in [9.17, 15) is 5.11 Å². The summed E-state index contributed by atoms with van der Waals surface area (Å²) >= 11 is 4.11. The van der Waals surface area contributed by atoms with Crippen molar-refractivity contribution in [1.82, 2.24) is 0 Å². The molecule has 76 valence electrons. The molecule has 0 radical (unpaired) electrons. The van der Waals surface area contributed by atoms with Gasteiger partial charge in [0.1, 0.15) is 5.44 Å². The van der Waals surface area contributed by atoms with E-state index in [1.54, 1.807) is 0 Å². The van der Waals surface area contributed by atoms with Crippen LogP contribution in [-0.2, 0) is 0 Å². The second kappa shape index (κ2) is 4.37. The highest BCUT2D eigenvalue weighted by Gasteiger charge is 2.20. The first-order chi connectivity index (χ1) is 6.79. The molecule has 1 saturated carbocycles. The van der Waals surface area contributed by atoms with Crippen LogP contribution in [0.25, 0.3) is 0 Å². The average Bonchev–Trinajstić information content (AvgIpc) is 2.70. The summed E-state index contributed by atoms with van der Waals surface area (Å²) in [5.41, 5.74) is 1.65. The van der Waals surface area contributed by atoms with Gasteiger partial charge in [0.25, 0.3) is 0 Å². The van der Waals surface area contributed by atoms with Crippen LogP contribution in [0.1, 0.15) is 48.2 Å². The Hall–Kier alpha value is -0.470. The largest absolute Gasteiger partial charge is 0.378 e. The van der Waals surface area contributed by atoms with Crippen LogP contribution in [0.15, 0.2) is 24.3 Å². The molecule has 0 aromatic heterocycles. The number of aliphatic hydroxyl groups excluding tert-OH is 1. The van der Waals surface area contributed by atoms with Gasteiger partial charge in [-0.15, -0.1) is 12.6 Å². The van der Waals surface area contributed by atoms with Gasteiger partial charge in [0.2, 0.25) is 0 Å². The molecule has 0 amide bonds. The lowest BCUT2D eigenvalue weighted by Gasteiger charge is -2.16. The van der Waals surface area contributed by atoms with Crippen molar-refractivity contribution < 1.29 is 5.11 Å². The third kappa shape index (κ3) is 1.96. The standard InChI is InChI=1S/C12H16OS/c13-12(14)11-8-4-3-7-10(11)9-5-1-2-6-9/h3-4,7-9,12-14H,1-2,5-6H2. The van der Waals surface area contributed by atoms with Gasteiger partial charge >= 0.3 is 0 Å². The lowest BCUT2D eigenvalue weighted by atomic mass is 9.93. The summed E-state index contributed by atoms with van der Waals surface area (Å²) in [5.74, 6) is 0.646. The second-order valence-corrected chi connectivity index (χ2v) is 4.47. The van der Waals surface area contributed by atoms with Gasteiger partial charge in [-0.2, -0.15) is 0 Å². The first kappa shape index (κ1) is 10.1. The predicted molar refractivity (Wildman–Crippen MR) is 61.6 cm³/mol. The van der Waals surface area contributed by atoms with Crippen molar-refractivity contribution in [2.24, 2.45) is 0 Å². The van der Waals surface area contributed by atoms with Crippen LogP contribution in [0, 0.1) is 0 Å². The molecule has 2 heteroatoms. The van der Waals surface area contributed by atoms with Gasteiger partial charge in [0, 0.05) is 0 Å². The Bertz CT molecular complexity index is 303. The van der Waals surface area contributed by atoms with E-state index >= 15 is 0 Å². The molecule has 0 aliphatic heterocycles. The summed E-state index contributed by atoms with van der Waals surface area (Å²) in [6.07, 6.45) is 5.17. The number of thiol groups is 1. The number of hydrogen-bond donors (Lipinski definition) is 2. The smallest absolute Gasteiger partial charge is 0.122 e. The lowest BCUT2D eigenvalue weighted by molar-refractivity contribution is 0.270. The maximum atomic E-state index is 9.53. The Morgan fingerprint density at radius 1 is 1.21 bits per heavy atom. The third-order valence-corrected chi connectivity index (χ3v) is 3.35. The summed E-state index contributed by atoms with van der Waals surface area (Å²) < 4.78 is 0. The van der Waals surface area contributed by atoms with Crippen LogP contribution in [0.5, 0.6) is 0 Å². The fourth-order valence-corrected chi connectivity index (χ4v) is 2.59. The van der Waals surface area contributed by atoms with E-state index in [1.807, 2.05) is 18.2 Å².